The Morgan fingerprint density at radius 3 is 1.62 bits per heavy atom. The Morgan fingerprint density at radius 1 is 0.625 bits per heavy atom. The highest BCUT2D eigenvalue weighted by Crippen LogP contribution is 2.44. The lowest BCUT2D eigenvalue weighted by Gasteiger charge is -2.46. The van der Waals surface area contributed by atoms with Gasteiger partial charge >= 0.3 is 23.9 Å². The Bertz CT molecular complexity index is 2020. The molecule has 4 heterocycles. The summed E-state index contributed by atoms with van der Waals surface area (Å²) >= 11 is 0. The Kier molecular flexibility index (Phi) is 10.3. The molecule has 4 aliphatic heterocycles. The summed E-state index contributed by atoms with van der Waals surface area (Å²) in [6, 6.07) is 12.5. The molecule has 2 aromatic rings. The van der Waals surface area contributed by atoms with Gasteiger partial charge in [-0.3, -0.25) is 48.2 Å². The Balaban J connectivity index is 1.23. The number of rotatable bonds is 10. The summed E-state index contributed by atoms with van der Waals surface area (Å²) in [5.74, 6) is -7.08. The fraction of sp³-hybridized carbons (Fsp3) is 0.385. The second-order valence-electron chi connectivity index (χ2n) is 13.7. The standard InChI is InChI=1S/C39H36N2O15/c1-18(42)51-28-15-22(16-40-34(46)23-9-5-6-10-24(23)35(40)47)30-27(28)13-14-50-38(30)56-39-33(54-21(4)45)32(53-20(3)44)31(52-19(2)43)29(55-39)17-41-36(48)25-11-7-8-12-26(25)37(41)49/h5-15,27-33,38-39H,16-17H2,1-4H3/t27-,28+,29+,30+,31+,32-,33+,38-,39-/m0/s1. The summed E-state index contributed by atoms with van der Waals surface area (Å²) in [5.41, 5.74) is 1.13. The first-order chi connectivity index (χ1) is 26.7. The minimum atomic E-state index is -1.69. The highest BCUT2D eigenvalue weighted by atomic mass is 16.8. The molecular formula is C39H36N2O15. The van der Waals surface area contributed by atoms with Gasteiger partial charge < -0.3 is 33.2 Å². The molecule has 56 heavy (non-hydrogen) atoms. The van der Waals surface area contributed by atoms with E-state index in [9.17, 15) is 38.4 Å². The lowest BCUT2D eigenvalue weighted by atomic mass is 9.87. The summed E-state index contributed by atoms with van der Waals surface area (Å²) in [6.45, 7) is 3.69. The van der Waals surface area contributed by atoms with Gasteiger partial charge in [-0.05, 0) is 42.0 Å². The number of benzene rings is 2. The van der Waals surface area contributed by atoms with Crippen LogP contribution in [0.15, 0.2) is 72.5 Å². The number of hydrogen-bond acceptors (Lipinski definition) is 15. The topological polar surface area (TPSA) is 208 Å². The van der Waals surface area contributed by atoms with Crippen LogP contribution in [0.5, 0.6) is 0 Å². The SMILES string of the molecule is CC(=O)O[C@@H]1[C@@H](OC(C)=O)[C@H](O[C@@H]2OC=C[C@@H]3[C@H]2C(CN2C(=O)c4ccccc4C2=O)=C[C@H]3OC(C)=O)O[C@H](CN2C(=O)c3ccccc3C2=O)[C@H]1OC(C)=O. The number of carbonyl (C=O) groups excluding carboxylic acids is 8. The van der Waals surface area contributed by atoms with Crippen LogP contribution in [-0.2, 0) is 52.3 Å². The lowest BCUT2D eigenvalue weighted by Crippen LogP contribution is -2.64. The largest absolute Gasteiger partial charge is 0.472 e. The molecule has 0 saturated carbocycles. The molecule has 1 aliphatic carbocycles. The van der Waals surface area contributed by atoms with Crippen LogP contribution in [0.2, 0.25) is 0 Å². The molecule has 0 spiro atoms. The van der Waals surface area contributed by atoms with Crippen molar-refractivity contribution in [2.75, 3.05) is 13.1 Å². The predicted molar refractivity (Wildman–Crippen MR) is 185 cm³/mol. The zero-order valence-electron chi connectivity index (χ0n) is 30.5. The summed E-state index contributed by atoms with van der Waals surface area (Å²) in [7, 11) is 0. The first-order valence-corrected chi connectivity index (χ1v) is 17.7. The number of hydrogen-bond donors (Lipinski definition) is 0. The van der Waals surface area contributed by atoms with Crippen LogP contribution in [0.25, 0.3) is 0 Å². The Morgan fingerprint density at radius 2 is 1.11 bits per heavy atom. The normalized spacial score (nSPS) is 28.9. The number of carbonyl (C=O) groups is 8. The van der Waals surface area contributed by atoms with E-state index in [0.717, 1.165) is 30.6 Å². The van der Waals surface area contributed by atoms with Gasteiger partial charge in [-0.15, -0.1) is 0 Å². The van der Waals surface area contributed by atoms with Gasteiger partial charge in [0, 0.05) is 33.6 Å². The second-order valence-corrected chi connectivity index (χ2v) is 13.7. The molecule has 0 N–H and O–H groups in total. The first kappa shape index (κ1) is 38.1. The van der Waals surface area contributed by atoms with Gasteiger partial charge in [0.15, 0.2) is 18.3 Å². The van der Waals surface area contributed by atoms with Gasteiger partial charge in [0.2, 0.25) is 12.6 Å². The quantitative estimate of drug-likeness (QED) is 0.147. The molecule has 0 radical (unpaired) electrons. The van der Waals surface area contributed by atoms with Gasteiger partial charge in [-0.25, -0.2) is 0 Å². The second kappa shape index (κ2) is 15.1. The third kappa shape index (κ3) is 7.06. The van der Waals surface area contributed by atoms with Crippen molar-refractivity contribution in [2.24, 2.45) is 11.8 Å². The summed E-state index contributed by atoms with van der Waals surface area (Å²) in [4.78, 5) is 105. The zero-order chi connectivity index (χ0) is 40.0. The van der Waals surface area contributed by atoms with Crippen LogP contribution >= 0.6 is 0 Å². The van der Waals surface area contributed by atoms with Crippen molar-refractivity contribution >= 4 is 47.5 Å². The van der Waals surface area contributed by atoms with Gasteiger partial charge in [0.1, 0.15) is 12.2 Å². The zero-order valence-corrected chi connectivity index (χ0v) is 30.5. The Hall–Kier alpha value is -6.20. The van der Waals surface area contributed by atoms with Crippen molar-refractivity contribution in [1.29, 1.82) is 0 Å². The molecule has 9 atom stereocenters. The highest BCUT2D eigenvalue weighted by molar-refractivity contribution is 6.22. The van der Waals surface area contributed by atoms with E-state index >= 15 is 0 Å². The summed E-state index contributed by atoms with van der Waals surface area (Å²) in [5, 5.41) is 0. The smallest absolute Gasteiger partial charge is 0.303 e. The molecule has 0 bridgehead atoms. The monoisotopic (exact) mass is 772 g/mol. The van der Waals surface area contributed by atoms with E-state index in [1.165, 1.54) is 37.5 Å². The number of ether oxygens (including phenoxy) is 7. The third-order valence-corrected chi connectivity index (χ3v) is 9.93. The van der Waals surface area contributed by atoms with E-state index in [1.54, 1.807) is 36.4 Å². The van der Waals surface area contributed by atoms with E-state index in [1.807, 2.05) is 0 Å². The average molecular weight is 773 g/mol. The van der Waals surface area contributed by atoms with Crippen molar-refractivity contribution in [2.45, 2.75) is 70.8 Å². The van der Waals surface area contributed by atoms with E-state index in [0.29, 0.717) is 5.57 Å². The summed E-state index contributed by atoms with van der Waals surface area (Å²) in [6.07, 6.45) is -5.60. The van der Waals surface area contributed by atoms with E-state index in [2.05, 4.69) is 0 Å². The molecule has 0 unspecified atom stereocenters. The minimum absolute atomic E-state index is 0.133. The van der Waals surface area contributed by atoms with Gasteiger partial charge in [-0.1, -0.05) is 24.3 Å². The predicted octanol–water partition coefficient (Wildman–Crippen LogP) is 2.09. The van der Waals surface area contributed by atoms with Gasteiger partial charge in [0.25, 0.3) is 23.6 Å². The number of amides is 4. The molecule has 17 heteroatoms. The van der Waals surface area contributed by atoms with Crippen molar-refractivity contribution < 1.29 is 71.5 Å². The van der Waals surface area contributed by atoms with E-state index in [4.69, 9.17) is 33.2 Å². The minimum Gasteiger partial charge on any atom is -0.472 e. The number of nitrogens with zero attached hydrogens (tertiary/aromatic N) is 2. The van der Waals surface area contributed by atoms with Crippen LogP contribution in [-0.4, -0.2) is 113 Å². The lowest BCUT2D eigenvalue weighted by molar-refractivity contribution is -0.339. The fourth-order valence-corrected chi connectivity index (χ4v) is 7.74. The maximum Gasteiger partial charge on any atom is 0.303 e. The van der Waals surface area contributed by atoms with Crippen LogP contribution < -0.4 is 0 Å². The van der Waals surface area contributed by atoms with Crippen molar-refractivity contribution in [1.82, 2.24) is 9.80 Å². The molecule has 1 fully saturated rings. The Labute approximate surface area is 319 Å². The number of esters is 4. The van der Waals surface area contributed by atoms with Crippen molar-refractivity contribution in [3.05, 3.63) is 94.8 Å². The van der Waals surface area contributed by atoms with E-state index in [-0.39, 0.29) is 28.8 Å². The van der Waals surface area contributed by atoms with E-state index < -0.39 is 109 Å². The number of fused-ring (bicyclic) bond motifs is 3. The number of imide groups is 2. The first-order valence-electron chi connectivity index (χ1n) is 17.7. The van der Waals surface area contributed by atoms with Gasteiger partial charge in [-0.2, -0.15) is 0 Å². The summed E-state index contributed by atoms with van der Waals surface area (Å²) < 4.78 is 41.1. The van der Waals surface area contributed by atoms with Crippen molar-refractivity contribution in [3.63, 3.8) is 0 Å². The highest BCUT2D eigenvalue weighted by Gasteiger charge is 2.56. The average Bonchev–Trinajstić information content (AvgIpc) is 3.70. The maximum absolute atomic E-state index is 13.4. The molecule has 4 amide bonds. The molecule has 17 nitrogen and oxygen atoms in total. The van der Waals surface area contributed by atoms with Crippen LogP contribution in [0.4, 0.5) is 0 Å². The molecule has 0 aromatic heterocycles. The van der Waals surface area contributed by atoms with Crippen LogP contribution in [0.3, 0.4) is 0 Å². The molecule has 7 rings (SSSR count). The molecule has 292 valence electrons. The van der Waals surface area contributed by atoms with Crippen LogP contribution in [0.1, 0.15) is 69.1 Å². The molecular weight excluding hydrogens is 736 g/mol. The molecule has 1 saturated heterocycles. The maximum atomic E-state index is 13.4. The molecule has 2 aromatic carbocycles. The van der Waals surface area contributed by atoms with Crippen LogP contribution in [0, 0.1) is 11.8 Å². The molecule has 5 aliphatic rings. The van der Waals surface area contributed by atoms with Crippen molar-refractivity contribution in [3.8, 4) is 0 Å². The third-order valence-electron chi connectivity index (χ3n) is 9.93. The van der Waals surface area contributed by atoms with Gasteiger partial charge in [0.05, 0.1) is 47.5 Å². The fourth-order valence-electron chi connectivity index (χ4n) is 7.74.